The molecule has 2 saturated heterocycles. The van der Waals surface area contributed by atoms with E-state index in [4.69, 9.17) is 5.73 Å². The minimum atomic E-state index is -0.944. The third-order valence-electron chi connectivity index (χ3n) is 5.65. The van der Waals surface area contributed by atoms with E-state index in [1.807, 2.05) is 12.1 Å². The number of rotatable bonds is 3. The number of fused-ring (bicyclic) bond motifs is 1. The number of imide groups is 1. The molecule has 3 amide bonds. The van der Waals surface area contributed by atoms with Crippen LogP contribution >= 0.6 is 0 Å². The molecular formula is C19H23FN4O3. The first-order valence-corrected chi connectivity index (χ1v) is 9.31. The van der Waals surface area contributed by atoms with Gasteiger partial charge < -0.3 is 10.6 Å². The molecule has 144 valence electrons. The summed E-state index contributed by atoms with van der Waals surface area (Å²) in [4.78, 5) is 39.8. The van der Waals surface area contributed by atoms with Gasteiger partial charge in [0, 0.05) is 44.2 Å². The van der Waals surface area contributed by atoms with Gasteiger partial charge in [-0.05, 0) is 30.0 Å². The van der Waals surface area contributed by atoms with Gasteiger partial charge in [0.1, 0.15) is 12.2 Å². The molecule has 3 heterocycles. The number of hydrogen-bond acceptors (Lipinski definition) is 5. The number of carbonyl (C=O) groups is 3. The van der Waals surface area contributed by atoms with E-state index in [-0.39, 0.29) is 18.2 Å². The number of carbonyl (C=O) groups excluding carboxylic acids is 3. The number of nitrogens with one attached hydrogen (secondary N) is 1. The summed E-state index contributed by atoms with van der Waals surface area (Å²) in [5.41, 5.74) is 8.34. The molecule has 7 nitrogen and oxygen atoms in total. The maximum absolute atomic E-state index is 13.5. The fraction of sp³-hybridized carbons (Fsp3) is 0.526. The zero-order valence-electron chi connectivity index (χ0n) is 15.0. The Bertz CT molecular complexity index is 799. The zero-order chi connectivity index (χ0) is 19.1. The molecule has 4 rings (SSSR count). The van der Waals surface area contributed by atoms with Crippen LogP contribution in [0.15, 0.2) is 18.2 Å². The molecule has 1 aromatic carbocycles. The van der Waals surface area contributed by atoms with Crippen LogP contribution in [0.25, 0.3) is 0 Å². The van der Waals surface area contributed by atoms with Gasteiger partial charge in [0.15, 0.2) is 0 Å². The van der Waals surface area contributed by atoms with Crippen LogP contribution in [0, 0.1) is 0 Å². The summed E-state index contributed by atoms with van der Waals surface area (Å²) in [6.07, 6.45) is 0.0919. The molecule has 0 saturated carbocycles. The molecule has 0 spiro atoms. The van der Waals surface area contributed by atoms with E-state index in [9.17, 15) is 18.8 Å². The van der Waals surface area contributed by atoms with E-state index in [1.165, 1.54) is 0 Å². The van der Waals surface area contributed by atoms with E-state index in [1.54, 1.807) is 11.0 Å². The van der Waals surface area contributed by atoms with Gasteiger partial charge in [-0.2, -0.15) is 0 Å². The van der Waals surface area contributed by atoms with Gasteiger partial charge in [-0.1, -0.05) is 12.1 Å². The minimum absolute atomic E-state index is 0.175. The Hall–Kier alpha value is -2.32. The second-order valence-corrected chi connectivity index (χ2v) is 7.60. The van der Waals surface area contributed by atoms with Crippen LogP contribution in [0.4, 0.5) is 4.39 Å². The highest BCUT2D eigenvalue weighted by atomic mass is 19.1. The molecule has 0 bridgehead atoms. The highest BCUT2D eigenvalue weighted by molar-refractivity contribution is 6.05. The maximum Gasteiger partial charge on any atom is 0.255 e. The summed E-state index contributed by atoms with van der Waals surface area (Å²) in [6.45, 7) is 2.19. The van der Waals surface area contributed by atoms with Crippen molar-refractivity contribution in [2.45, 2.75) is 50.6 Å². The maximum atomic E-state index is 13.5. The molecule has 8 heteroatoms. The average molecular weight is 374 g/mol. The minimum Gasteiger partial charge on any atom is -0.324 e. The SMILES string of the molecule is N[C@@H]1CN(Cc2ccc3c(c2)CN(C2CCC(=O)NC2=O)C3=O)CC[C@H]1F. The molecule has 3 atom stereocenters. The van der Waals surface area contributed by atoms with Crippen molar-refractivity contribution in [2.75, 3.05) is 13.1 Å². The van der Waals surface area contributed by atoms with Gasteiger partial charge in [0.25, 0.3) is 5.91 Å². The third kappa shape index (κ3) is 3.46. The van der Waals surface area contributed by atoms with E-state index in [2.05, 4.69) is 10.2 Å². The van der Waals surface area contributed by atoms with Crippen molar-refractivity contribution in [3.63, 3.8) is 0 Å². The first-order chi connectivity index (χ1) is 12.9. The summed E-state index contributed by atoms with van der Waals surface area (Å²) < 4.78 is 13.5. The van der Waals surface area contributed by atoms with Crippen LogP contribution in [-0.4, -0.2) is 58.9 Å². The molecule has 3 aliphatic heterocycles. The first kappa shape index (κ1) is 18.1. The zero-order valence-corrected chi connectivity index (χ0v) is 15.0. The predicted molar refractivity (Wildman–Crippen MR) is 95.3 cm³/mol. The van der Waals surface area contributed by atoms with Gasteiger partial charge in [-0.25, -0.2) is 4.39 Å². The number of nitrogens with two attached hydrogens (primary N) is 1. The number of piperidine rings is 2. The highest BCUT2D eigenvalue weighted by Gasteiger charge is 2.39. The number of amides is 3. The fourth-order valence-electron chi connectivity index (χ4n) is 4.15. The van der Waals surface area contributed by atoms with Crippen molar-refractivity contribution < 1.29 is 18.8 Å². The van der Waals surface area contributed by atoms with Gasteiger partial charge in [-0.15, -0.1) is 0 Å². The lowest BCUT2D eigenvalue weighted by Crippen LogP contribution is -2.52. The molecule has 0 aromatic heterocycles. The van der Waals surface area contributed by atoms with Crippen LogP contribution in [0.5, 0.6) is 0 Å². The van der Waals surface area contributed by atoms with Gasteiger partial charge in [0.05, 0.1) is 0 Å². The monoisotopic (exact) mass is 374 g/mol. The average Bonchev–Trinajstić information content (AvgIpc) is 2.94. The van der Waals surface area contributed by atoms with Crippen molar-refractivity contribution in [2.24, 2.45) is 5.73 Å². The van der Waals surface area contributed by atoms with Gasteiger partial charge >= 0.3 is 0 Å². The lowest BCUT2D eigenvalue weighted by atomic mass is 10.0. The molecule has 0 radical (unpaired) electrons. The number of benzene rings is 1. The van der Waals surface area contributed by atoms with Gasteiger partial charge in [0.2, 0.25) is 11.8 Å². The van der Waals surface area contributed by atoms with Crippen LogP contribution < -0.4 is 11.1 Å². The summed E-state index contributed by atoms with van der Waals surface area (Å²) in [5, 5.41) is 2.31. The Morgan fingerprint density at radius 3 is 2.78 bits per heavy atom. The number of hydrogen-bond donors (Lipinski definition) is 2. The molecule has 27 heavy (non-hydrogen) atoms. The molecule has 0 aliphatic carbocycles. The van der Waals surface area contributed by atoms with E-state index >= 15 is 0 Å². The largest absolute Gasteiger partial charge is 0.324 e. The van der Waals surface area contributed by atoms with Crippen molar-refractivity contribution in [1.29, 1.82) is 0 Å². The Labute approximate surface area is 156 Å². The normalized spacial score (nSPS) is 29.0. The third-order valence-corrected chi connectivity index (χ3v) is 5.65. The lowest BCUT2D eigenvalue weighted by Gasteiger charge is -2.33. The topological polar surface area (TPSA) is 95.7 Å². The predicted octanol–water partition coefficient (Wildman–Crippen LogP) is 0.319. The standard InChI is InChI=1S/C19H23FN4O3/c20-14-5-6-23(10-15(14)21)8-11-1-2-13-12(7-11)9-24(19(13)27)16-3-4-17(25)22-18(16)26/h1-2,7,14-16H,3-6,8-10,21H2,(H,22,25,26)/t14-,15-,16?/m1/s1. The summed E-state index contributed by atoms with van der Waals surface area (Å²) in [6, 6.07) is 4.61. The van der Waals surface area contributed by atoms with E-state index in [0.29, 0.717) is 44.6 Å². The number of alkyl halides is 1. The van der Waals surface area contributed by atoms with Crippen molar-refractivity contribution in [3.05, 3.63) is 34.9 Å². The smallest absolute Gasteiger partial charge is 0.255 e. The van der Waals surface area contributed by atoms with E-state index in [0.717, 1.165) is 11.1 Å². The van der Waals surface area contributed by atoms with Crippen LogP contribution in [0.3, 0.4) is 0 Å². The second-order valence-electron chi connectivity index (χ2n) is 7.60. The van der Waals surface area contributed by atoms with Crippen LogP contribution in [0.1, 0.15) is 40.7 Å². The second kappa shape index (κ2) is 7.01. The molecule has 1 unspecified atom stereocenters. The lowest BCUT2D eigenvalue weighted by molar-refractivity contribution is -0.136. The summed E-state index contributed by atoms with van der Waals surface area (Å²) in [7, 11) is 0. The quantitative estimate of drug-likeness (QED) is 0.743. The summed E-state index contributed by atoms with van der Waals surface area (Å²) in [5.74, 6) is -0.875. The highest BCUT2D eigenvalue weighted by Crippen LogP contribution is 2.28. The Morgan fingerprint density at radius 2 is 2.04 bits per heavy atom. The Balaban J connectivity index is 1.46. The summed E-state index contributed by atoms with van der Waals surface area (Å²) >= 11 is 0. The van der Waals surface area contributed by atoms with Crippen molar-refractivity contribution in [3.8, 4) is 0 Å². The van der Waals surface area contributed by atoms with Crippen molar-refractivity contribution >= 4 is 17.7 Å². The van der Waals surface area contributed by atoms with Crippen molar-refractivity contribution in [1.82, 2.24) is 15.1 Å². The fourth-order valence-corrected chi connectivity index (χ4v) is 4.15. The molecule has 3 aliphatic rings. The Kier molecular flexibility index (Phi) is 4.69. The molecular weight excluding hydrogens is 351 g/mol. The first-order valence-electron chi connectivity index (χ1n) is 9.31. The molecule has 1 aromatic rings. The molecule has 3 N–H and O–H groups in total. The van der Waals surface area contributed by atoms with Crippen LogP contribution in [0.2, 0.25) is 0 Å². The van der Waals surface area contributed by atoms with E-state index < -0.39 is 24.2 Å². The number of halogens is 1. The number of nitrogens with zero attached hydrogens (tertiary/aromatic N) is 2. The van der Waals surface area contributed by atoms with Crippen LogP contribution in [-0.2, 0) is 22.7 Å². The van der Waals surface area contributed by atoms with Gasteiger partial charge in [-0.3, -0.25) is 24.6 Å². The Morgan fingerprint density at radius 1 is 1.22 bits per heavy atom. The molecule has 2 fully saturated rings. The number of likely N-dealkylation sites (tertiary alicyclic amines) is 1.